The fraction of sp³-hybridized carbons (Fsp3) is 0.300. The minimum atomic E-state index is -0.498. The first kappa shape index (κ1) is 20.7. The number of halogens is 1. The summed E-state index contributed by atoms with van der Waals surface area (Å²) in [6.45, 7) is 4.83. The molecule has 2 aromatic carbocycles. The summed E-state index contributed by atoms with van der Waals surface area (Å²) in [6.07, 6.45) is 0. The average molecular weight is 390 g/mol. The van der Waals surface area contributed by atoms with Crippen molar-refractivity contribution in [2.24, 2.45) is 0 Å². The molecule has 0 spiro atoms. The van der Waals surface area contributed by atoms with E-state index in [2.05, 4.69) is 10.9 Å². The fourth-order valence-corrected chi connectivity index (χ4v) is 2.69. The molecule has 0 aliphatic carbocycles. The molecule has 0 aliphatic rings. The predicted octanol–water partition coefficient (Wildman–Crippen LogP) is 3.02. The van der Waals surface area contributed by atoms with Crippen LogP contribution in [0.1, 0.15) is 29.8 Å². The van der Waals surface area contributed by atoms with E-state index in [0.717, 1.165) is 5.56 Å². The van der Waals surface area contributed by atoms with Gasteiger partial charge in [-0.3, -0.25) is 25.3 Å². The molecule has 0 unspecified atom stereocenters. The number of rotatable bonds is 7. The summed E-state index contributed by atoms with van der Waals surface area (Å²) in [6, 6.07) is 14.8. The van der Waals surface area contributed by atoms with Crippen molar-refractivity contribution in [3.8, 4) is 5.75 Å². The molecule has 0 saturated carbocycles. The minimum absolute atomic E-state index is 0.152. The van der Waals surface area contributed by atoms with Crippen molar-refractivity contribution >= 4 is 23.4 Å². The molecule has 0 radical (unpaired) electrons. The van der Waals surface area contributed by atoms with Crippen LogP contribution in [0.25, 0.3) is 0 Å². The van der Waals surface area contributed by atoms with Crippen molar-refractivity contribution in [3.05, 3.63) is 64.7 Å². The third kappa shape index (κ3) is 6.27. The van der Waals surface area contributed by atoms with Crippen LogP contribution in [0.5, 0.6) is 5.75 Å². The number of nitrogens with zero attached hydrogens (tertiary/aromatic N) is 1. The number of hydrogen-bond acceptors (Lipinski definition) is 4. The van der Waals surface area contributed by atoms with E-state index in [-0.39, 0.29) is 24.1 Å². The molecule has 0 aliphatic heterocycles. The lowest BCUT2D eigenvalue weighted by Crippen LogP contribution is -2.47. The monoisotopic (exact) mass is 389 g/mol. The van der Waals surface area contributed by atoms with Crippen molar-refractivity contribution in [1.29, 1.82) is 0 Å². The summed E-state index contributed by atoms with van der Waals surface area (Å²) >= 11 is 5.93. The van der Waals surface area contributed by atoms with Gasteiger partial charge >= 0.3 is 0 Å². The molecule has 27 heavy (non-hydrogen) atoms. The molecule has 2 N–H and O–H groups in total. The number of amides is 2. The first-order chi connectivity index (χ1) is 12.9. The molecule has 7 heteroatoms. The van der Waals surface area contributed by atoms with E-state index in [0.29, 0.717) is 17.3 Å². The lowest BCUT2D eigenvalue weighted by molar-refractivity contribution is -0.123. The van der Waals surface area contributed by atoms with Crippen LogP contribution < -0.4 is 15.6 Å². The predicted molar refractivity (Wildman–Crippen MR) is 106 cm³/mol. The van der Waals surface area contributed by atoms with Gasteiger partial charge in [0.25, 0.3) is 11.8 Å². The molecule has 144 valence electrons. The third-order valence-corrected chi connectivity index (χ3v) is 4.26. The first-order valence-electron chi connectivity index (χ1n) is 8.61. The van der Waals surface area contributed by atoms with E-state index < -0.39 is 5.91 Å². The van der Waals surface area contributed by atoms with Crippen LogP contribution in [0.3, 0.4) is 0 Å². The van der Waals surface area contributed by atoms with Gasteiger partial charge in [-0.25, -0.2) is 0 Å². The van der Waals surface area contributed by atoms with E-state index in [1.165, 1.54) is 13.2 Å². The highest BCUT2D eigenvalue weighted by Gasteiger charge is 2.17. The van der Waals surface area contributed by atoms with Crippen molar-refractivity contribution in [2.75, 3.05) is 13.7 Å². The molecule has 0 atom stereocenters. The number of ether oxygens (including phenoxy) is 1. The maximum Gasteiger partial charge on any atom is 0.273 e. The van der Waals surface area contributed by atoms with Gasteiger partial charge in [0, 0.05) is 17.6 Å². The molecule has 0 heterocycles. The summed E-state index contributed by atoms with van der Waals surface area (Å²) in [5.41, 5.74) is 6.21. The van der Waals surface area contributed by atoms with Crippen LogP contribution in [0.2, 0.25) is 5.02 Å². The zero-order chi connectivity index (χ0) is 19.8. The minimum Gasteiger partial charge on any atom is -0.496 e. The lowest BCUT2D eigenvalue weighted by atomic mass is 10.2. The van der Waals surface area contributed by atoms with Crippen LogP contribution in [-0.4, -0.2) is 36.4 Å². The molecular formula is C20H24ClN3O3. The van der Waals surface area contributed by atoms with Gasteiger partial charge < -0.3 is 4.74 Å². The number of methoxy groups -OCH3 is 1. The number of carbonyl (C=O) groups excluding carboxylic acids is 2. The zero-order valence-corrected chi connectivity index (χ0v) is 16.4. The Hall–Kier alpha value is -2.57. The molecular weight excluding hydrogens is 366 g/mol. The highest BCUT2D eigenvalue weighted by molar-refractivity contribution is 6.31. The number of hydrazine groups is 1. The van der Waals surface area contributed by atoms with Crippen LogP contribution in [-0.2, 0) is 11.3 Å². The lowest BCUT2D eigenvalue weighted by Gasteiger charge is -2.26. The maximum absolute atomic E-state index is 12.3. The van der Waals surface area contributed by atoms with Gasteiger partial charge in [0.15, 0.2) is 0 Å². The van der Waals surface area contributed by atoms with E-state index in [1.54, 1.807) is 12.1 Å². The Morgan fingerprint density at radius 1 is 1.11 bits per heavy atom. The Morgan fingerprint density at radius 3 is 2.44 bits per heavy atom. The number of carbonyl (C=O) groups is 2. The van der Waals surface area contributed by atoms with Gasteiger partial charge in [-0.1, -0.05) is 41.9 Å². The molecule has 2 rings (SSSR count). The second-order valence-corrected chi connectivity index (χ2v) is 6.77. The molecule has 0 bridgehead atoms. The van der Waals surface area contributed by atoms with E-state index in [9.17, 15) is 9.59 Å². The first-order valence-corrected chi connectivity index (χ1v) is 8.99. The van der Waals surface area contributed by atoms with Crippen molar-refractivity contribution < 1.29 is 14.3 Å². The van der Waals surface area contributed by atoms with Gasteiger partial charge in [-0.05, 0) is 37.6 Å². The second-order valence-electron chi connectivity index (χ2n) is 6.33. The Balaban J connectivity index is 1.94. The standard InChI is InChI=1S/C20H24ClN3O3/c1-14(2)24(12-15-7-5-4-6-8-15)13-19(25)22-23-20(26)17-11-16(21)9-10-18(17)27-3/h4-11,14H,12-13H2,1-3H3,(H,22,25)(H,23,26). The normalized spacial score (nSPS) is 10.7. The van der Waals surface area contributed by atoms with Gasteiger partial charge in [-0.15, -0.1) is 0 Å². The third-order valence-electron chi connectivity index (χ3n) is 4.03. The van der Waals surface area contributed by atoms with Crippen molar-refractivity contribution in [1.82, 2.24) is 15.8 Å². The van der Waals surface area contributed by atoms with Crippen molar-refractivity contribution in [3.63, 3.8) is 0 Å². The molecule has 6 nitrogen and oxygen atoms in total. The SMILES string of the molecule is COc1ccc(Cl)cc1C(=O)NNC(=O)CN(Cc1ccccc1)C(C)C. The van der Waals surface area contributed by atoms with Gasteiger partial charge in [0.1, 0.15) is 5.75 Å². The van der Waals surface area contributed by atoms with Gasteiger partial charge in [0.2, 0.25) is 0 Å². The van der Waals surface area contributed by atoms with Crippen LogP contribution >= 0.6 is 11.6 Å². The summed E-state index contributed by atoms with van der Waals surface area (Å²) in [5, 5.41) is 0.404. The van der Waals surface area contributed by atoms with E-state index in [1.807, 2.05) is 49.1 Å². The molecule has 2 amide bonds. The average Bonchev–Trinajstić information content (AvgIpc) is 2.66. The van der Waals surface area contributed by atoms with Gasteiger partial charge in [-0.2, -0.15) is 0 Å². The molecule has 0 aromatic heterocycles. The van der Waals surface area contributed by atoms with Crippen LogP contribution in [0.4, 0.5) is 0 Å². The highest BCUT2D eigenvalue weighted by atomic mass is 35.5. The summed E-state index contributed by atoms with van der Waals surface area (Å²) in [7, 11) is 1.46. The smallest absolute Gasteiger partial charge is 0.273 e. The van der Waals surface area contributed by atoms with Gasteiger partial charge in [0.05, 0.1) is 19.2 Å². The van der Waals surface area contributed by atoms with Crippen LogP contribution in [0.15, 0.2) is 48.5 Å². The number of hydrogen-bond donors (Lipinski definition) is 2. The molecule has 0 saturated heterocycles. The van der Waals surface area contributed by atoms with E-state index in [4.69, 9.17) is 16.3 Å². The summed E-state index contributed by atoms with van der Waals surface area (Å²) in [4.78, 5) is 26.6. The second kappa shape index (κ2) is 9.94. The summed E-state index contributed by atoms with van der Waals surface area (Å²) < 4.78 is 5.15. The van der Waals surface area contributed by atoms with E-state index >= 15 is 0 Å². The largest absolute Gasteiger partial charge is 0.496 e. The Kier molecular flexibility index (Phi) is 7.64. The highest BCUT2D eigenvalue weighted by Crippen LogP contribution is 2.22. The topological polar surface area (TPSA) is 70.7 Å². The maximum atomic E-state index is 12.3. The van der Waals surface area contributed by atoms with Crippen molar-refractivity contribution in [2.45, 2.75) is 26.4 Å². The molecule has 2 aromatic rings. The zero-order valence-electron chi connectivity index (χ0n) is 15.7. The number of benzene rings is 2. The quantitative estimate of drug-likeness (QED) is 0.714. The fourth-order valence-electron chi connectivity index (χ4n) is 2.51. The molecule has 0 fully saturated rings. The van der Waals surface area contributed by atoms with Crippen LogP contribution in [0, 0.1) is 0 Å². The Bertz CT molecular complexity index is 781. The Labute approximate surface area is 164 Å². The summed E-state index contributed by atoms with van der Waals surface area (Å²) in [5.74, 6) is -0.435. The Morgan fingerprint density at radius 2 is 1.81 bits per heavy atom. The number of nitrogens with one attached hydrogen (secondary N) is 2.